The Kier molecular flexibility index (Phi) is 2.93. The Balaban J connectivity index is 1.82. The lowest BCUT2D eigenvalue weighted by Crippen LogP contribution is -2.38. The van der Waals surface area contributed by atoms with Gasteiger partial charge >= 0.3 is 0 Å². The van der Waals surface area contributed by atoms with E-state index in [1.165, 1.54) is 0 Å². The number of fused-ring (bicyclic) bond motifs is 1. The van der Waals surface area contributed by atoms with Gasteiger partial charge in [-0.05, 0) is 24.7 Å². The molecule has 1 saturated carbocycles. The smallest absolute Gasteiger partial charge is 0.168 e. The van der Waals surface area contributed by atoms with Crippen molar-refractivity contribution in [2.75, 3.05) is 18.0 Å². The molecule has 98 valence electrons. The van der Waals surface area contributed by atoms with Crippen molar-refractivity contribution in [2.24, 2.45) is 17.6 Å². The number of aromatic nitrogens is 1. The molecule has 0 radical (unpaired) electrons. The second kappa shape index (κ2) is 4.46. The van der Waals surface area contributed by atoms with Crippen molar-refractivity contribution in [1.29, 1.82) is 0 Å². The van der Waals surface area contributed by atoms with Gasteiger partial charge in [0.2, 0.25) is 0 Å². The number of pyridine rings is 1. The zero-order chi connectivity index (χ0) is 12.7. The number of halogens is 2. The molecule has 1 saturated heterocycles. The summed E-state index contributed by atoms with van der Waals surface area (Å²) >= 11 is 0. The molecule has 2 N–H and O–H groups in total. The Hall–Kier alpha value is -1.23. The Morgan fingerprint density at radius 1 is 1.28 bits per heavy atom. The Labute approximate surface area is 105 Å². The van der Waals surface area contributed by atoms with Crippen molar-refractivity contribution in [2.45, 2.75) is 25.3 Å². The number of anilines is 1. The fourth-order valence-corrected chi connectivity index (χ4v) is 3.33. The predicted molar refractivity (Wildman–Crippen MR) is 65.2 cm³/mol. The standard InChI is InChI=1S/C13H17F2N3/c14-9-4-11(15)13(17-5-9)18-6-8-2-1-3-12(16)10(8)7-18/h4-5,8,10,12H,1-3,6-7,16H2. The first-order valence-corrected chi connectivity index (χ1v) is 6.46. The van der Waals surface area contributed by atoms with Crippen LogP contribution in [0.1, 0.15) is 19.3 Å². The summed E-state index contributed by atoms with van der Waals surface area (Å²) in [6, 6.07) is 1.10. The van der Waals surface area contributed by atoms with E-state index in [1.807, 2.05) is 4.90 Å². The minimum Gasteiger partial charge on any atom is -0.354 e. The monoisotopic (exact) mass is 253 g/mol. The van der Waals surface area contributed by atoms with Gasteiger partial charge in [0.25, 0.3) is 0 Å². The molecule has 0 spiro atoms. The number of hydrogen-bond donors (Lipinski definition) is 1. The summed E-state index contributed by atoms with van der Waals surface area (Å²) in [7, 11) is 0. The Bertz CT molecular complexity index is 452. The van der Waals surface area contributed by atoms with Crippen LogP contribution in [0.5, 0.6) is 0 Å². The van der Waals surface area contributed by atoms with Crippen molar-refractivity contribution in [1.82, 2.24) is 4.98 Å². The van der Waals surface area contributed by atoms with Crippen molar-refractivity contribution >= 4 is 5.82 Å². The average molecular weight is 253 g/mol. The van der Waals surface area contributed by atoms with Gasteiger partial charge in [-0.1, -0.05) is 6.42 Å². The summed E-state index contributed by atoms with van der Waals surface area (Å²) < 4.78 is 26.6. The molecule has 3 atom stereocenters. The quantitative estimate of drug-likeness (QED) is 0.831. The maximum absolute atomic E-state index is 13.7. The largest absolute Gasteiger partial charge is 0.354 e. The highest BCUT2D eigenvalue weighted by atomic mass is 19.1. The van der Waals surface area contributed by atoms with Crippen molar-refractivity contribution in [3.05, 3.63) is 23.9 Å². The highest BCUT2D eigenvalue weighted by molar-refractivity contribution is 5.41. The summed E-state index contributed by atoms with van der Waals surface area (Å²) in [5.74, 6) is -0.00482. The van der Waals surface area contributed by atoms with Crippen molar-refractivity contribution < 1.29 is 8.78 Å². The fraction of sp³-hybridized carbons (Fsp3) is 0.615. The third-order valence-electron chi connectivity index (χ3n) is 4.24. The molecule has 1 aliphatic carbocycles. The molecule has 0 bridgehead atoms. The van der Waals surface area contributed by atoms with Crippen LogP contribution in [0.3, 0.4) is 0 Å². The molecule has 5 heteroatoms. The molecule has 2 heterocycles. The van der Waals surface area contributed by atoms with Crippen LogP contribution in [0.2, 0.25) is 0 Å². The van der Waals surface area contributed by atoms with Gasteiger partial charge in [-0.2, -0.15) is 0 Å². The molecule has 1 aliphatic heterocycles. The van der Waals surface area contributed by atoms with E-state index < -0.39 is 11.6 Å². The van der Waals surface area contributed by atoms with Crippen LogP contribution in [0.25, 0.3) is 0 Å². The van der Waals surface area contributed by atoms with E-state index in [2.05, 4.69) is 4.98 Å². The number of nitrogens with two attached hydrogens (primary N) is 1. The highest BCUT2D eigenvalue weighted by Gasteiger charge is 2.39. The van der Waals surface area contributed by atoms with Crippen LogP contribution in [0, 0.1) is 23.5 Å². The first-order chi connectivity index (χ1) is 8.65. The molecule has 3 rings (SSSR count). The van der Waals surface area contributed by atoms with E-state index in [4.69, 9.17) is 5.73 Å². The van der Waals surface area contributed by atoms with E-state index in [0.29, 0.717) is 11.8 Å². The lowest BCUT2D eigenvalue weighted by atomic mass is 9.78. The molecule has 3 nitrogen and oxygen atoms in total. The van der Waals surface area contributed by atoms with Crippen LogP contribution < -0.4 is 10.6 Å². The Morgan fingerprint density at radius 2 is 2.11 bits per heavy atom. The molecule has 1 aromatic heterocycles. The highest BCUT2D eigenvalue weighted by Crippen LogP contribution is 2.37. The van der Waals surface area contributed by atoms with Gasteiger partial charge in [0.15, 0.2) is 11.6 Å². The summed E-state index contributed by atoms with van der Waals surface area (Å²) in [4.78, 5) is 5.79. The van der Waals surface area contributed by atoms with Crippen molar-refractivity contribution in [3.8, 4) is 0 Å². The predicted octanol–water partition coefficient (Wildman–Crippen LogP) is 1.92. The van der Waals surface area contributed by atoms with Gasteiger partial charge in [-0.3, -0.25) is 0 Å². The van der Waals surface area contributed by atoms with Gasteiger partial charge < -0.3 is 10.6 Å². The first-order valence-electron chi connectivity index (χ1n) is 6.46. The minimum atomic E-state index is -0.635. The average Bonchev–Trinajstić information content (AvgIpc) is 2.74. The van der Waals surface area contributed by atoms with Gasteiger partial charge in [0, 0.05) is 25.2 Å². The summed E-state index contributed by atoms with van der Waals surface area (Å²) in [5.41, 5.74) is 6.12. The molecule has 0 amide bonds. The van der Waals surface area contributed by atoms with Crippen LogP contribution in [0.15, 0.2) is 12.3 Å². The van der Waals surface area contributed by atoms with Crippen molar-refractivity contribution in [3.63, 3.8) is 0 Å². The molecule has 2 fully saturated rings. The first kappa shape index (κ1) is 11.8. The number of nitrogens with zero attached hydrogens (tertiary/aromatic N) is 2. The zero-order valence-electron chi connectivity index (χ0n) is 10.1. The number of hydrogen-bond acceptors (Lipinski definition) is 3. The van der Waals surface area contributed by atoms with Gasteiger partial charge in [-0.15, -0.1) is 0 Å². The number of rotatable bonds is 1. The van der Waals surface area contributed by atoms with Gasteiger partial charge in [0.05, 0.1) is 6.20 Å². The third kappa shape index (κ3) is 1.96. The zero-order valence-corrected chi connectivity index (χ0v) is 10.1. The molecule has 18 heavy (non-hydrogen) atoms. The van der Waals surface area contributed by atoms with Crippen LogP contribution in [-0.4, -0.2) is 24.1 Å². The van der Waals surface area contributed by atoms with Crippen LogP contribution >= 0.6 is 0 Å². The third-order valence-corrected chi connectivity index (χ3v) is 4.24. The van der Waals surface area contributed by atoms with E-state index in [-0.39, 0.29) is 11.9 Å². The maximum Gasteiger partial charge on any atom is 0.168 e. The fourth-order valence-electron chi connectivity index (χ4n) is 3.33. The Morgan fingerprint density at radius 3 is 2.83 bits per heavy atom. The summed E-state index contributed by atoms with van der Waals surface area (Å²) in [6.07, 6.45) is 4.42. The molecule has 3 unspecified atom stereocenters. The molecular formula is C13H17F2N3. The van der Waals surface area contributed by atoms with E-state index in [1.54, 1.807) is 0 Å². The van der Waals surface area contributed by atoms with Gasteiger partial charge in [-0.25, -0.2) is 13.8 Å². The molecule has 0 aromatic carbocycles. The topological polar surface area (TPSA) is 42.1 Å². The maximum atomic E-state index is 13.7. The SMILES string of the molecule is NC1CCCC2CN(c3ncc(F)cc3F)CC12. The second-order valence-electron chi connectivity index (χ2n) is 5.38. The normalized spacial score (nSPS) is 31.5. The van der Waals surface area contributed by atoms with Gasteiger partial charge in [0.1, 0.15) is 5.82 Å². The summed E-state index contributed by atoms with van der Waals surface area (Å²) in [6.45, 7) is 1.52. The van der Waals surface area contributed by atoms with E-state index >= 15 is 0 Å². The van der Waals surface area contributed by atoms with E-state index in [0.717, 1.165) is 44.6 Å². The van der Waals surface area contributed by atoms with Crippen LogP contribution in [0.4, 0.5) is 14.6 Å². The molecular weight excluding hydrogens is 236 g/mol. The van der Waals surface area contributed by atoms with E-state index in [9.17, 15) is 8.78 Å². The van der Waals surface area contributed by atoms with Crippen LogP contribution in [-0.2, 0) is 0 Å². The molecule has 1 aromatic rings. The lowest BCUT2D eigenvalue weighted by molar-refractivity contribution is 0.260. The second-order valence-corrected chi connectivity index (χ2v) is 5.38. The minimum absolute atomic E-state index is 0.206. The molecule has 2 aliphatic rings. The lowest BCUT2D eigenvalue weighted by Gasteiger charge is -2.29. The summed E-state index contributed by atoms with van der Waals surface area (Å²) in [5, 5.41) is 0.